The van der Waals surface area contributed by atoms with E-state index < -0.39 is 0 Å². The Morgan fingerprint density at radius 2 is 1.78 bits per heavy atom. The first-order valence-corrected chi connectivity index (χ1v) is 5.79. The molecule has 0 aliphatic carbocycles. The van der Waals surface area contributed by atoms with Gasteiger partial charge in [-0.15, -0.1) is 0 Å². The van der Waals surface area contributed by atoms with Crippen LogP contribution >= 0.6 is 0 Å². The molecule has 0 spiro atoms. The van der Waals surface area contributed by atoms with Gasteiger partial charge in [-0.05, 0) is 17.7 Å². The van der Waals surface area contributed by atoms with Gasteiger partial charge in [-0.2, -0.15) is 0 Å². The van der Waals surface area contributed by atoms with Crippen molar-refractivity contribution in [3.8, 4) is 11.5 Å². The van der Waals surface area contributed by atoms with E-state index in [1.807, 2.05) is 0 Å². The van der Waals surface area contributed by atoms with Crippen LogP contribution in [-0.2, 0) is 16.1 Å². The molecule has 0 saturated heterocycles. The van der Waals surface area contributed by atoms with Crippen LogP contribution in [0, 0.1) is 0 Å². The van der Waals surface area contributed by atoms with Gasteiger partial charge in [0.15, 0.2) is 11.5 Å². The molecule has 0 fully saturated rings. The number of aliphatic hydroxyl groups is 1. The van der Waals surface area contributed by atoms with Crippen molar-refractivity contribution in [2.24, 2.45) is 0 Å². The second kappa shape index (κ2) is 8.74. The molecule has 0 radical (unpaired) electrons. The van der Waals surface area contributed by atoms with Gasteiger partial charge in [-0.25, -0.2) is 0 Å². The molecule has 0 aliphatic heterocycles. The highest BCUT2D eigenvalue weighted by Crippen LogP contribution is 2.27. The van der Waals surface area contributed by atoms with Crippen molar-refractivity contribution in [1.82, 2.24) is 0 Å². The molecular weight excluding hydrogens is 236 g/mol. The Hall–Kier alpha value is -1.30. The normalized spacial score (nSPS) is 10.4. The van der Waals surface area contributed by atoms with Crippen molar-refractivity contribution < 1.29 is 24.1 Å². The minimum atomic E-state index is -0.0171. The van der Waals surface area contributed by atoms with Crippen molar-refractivity contribution in [2.45, 2.75) is 6.61 Å². The van der Waals surface area contributed by atoms with Gasteiger partial charge >= 0.3 is 0 Å². The molecule has 1 aromatic carbocycles. The Balaban J connectivity index is 2.37. The van der Waals surface area contributed by atoms with E-state index in [9.17, 15) is 0 Å². The van der Waals surface area contributed by atoms with Crippen molar-refractivity contribution in [2.75, 3.05) is 40.6 Å². The van der Waals surface area contributed by atoms with Gasteiger partial charge in [0.2, 0.25) is 0 Å². The van der Waals surface area contributed by atoms with Crippen molar-refractivity contribution in [3.05, 3.63) is 23.8 Å². The van der Waals surface area contributed by atoms with Crippen LogP contribution in [0.15, 0.2) is 18.2 Å². The fraction of sp³-hybridized carbons (Fsp3) is 0.538. The summed E-state index contributed by atoms with van der Waals surface area (Å²) < 4.78 is 20.9. The first-order valence-electron chi connectivity index (χ1n) is 5.79. The Kier molecular flexibility index (Phi) is 7.17. The molecule has 1 N–H and O–H groups in total. The average molecular weight is 256 g/mol. The van der Waals surface area contributed by atoms with Gasteiger partial charge in [0.05, 0.1) is 33.5 Å². The first-order chi connectivity index (χ1) is 8.81. The van der Waals surface area contributed by atoms with Crippen molar-refractivity contribution in [1.29, 1.82) is 0 Å². The molecule has 5 nitrogen and oxygen atoms in total. The lowest BCUT2D eigenvalue weighted by molar-refractivity contribution is 0.0540. The number of rotatable bonds is 9. The summed E-state index contributed by atoms with van der Waals surface area (Å²) in [7, 11) is 3.20. The Morgan fingerprint density at radius 3 is 2.44 bits per heavy atom. The third-order valence-electron chi connectivity index (χ3n) is 2.33. The molecule has 0 aliphatic rings. The van der Waals surface area contributed by atoms with Gasteiger partial charge in [-0.1, -0.05) is 6.07 Å². The number of methoxy groups -OCH3 is 2. The highest BCUT2D eigenvalue weighted by atomic mass is 16.5. The van der Waals surface area contributed by atoms with Crippen LogP contribution in [0.5, 0.6) is 11.5 Å². The molecule has 0 amide bonds. The molecular formula is C13H20O5. The van der Waals surface area contributed by atoms with Crippen LogP contribution < -0.4 is 9.47 Å². The highest BCUT2D eigenvalue weighted by Gasteiger charge is 2.05. The zero-order valence-electron chi connectivity index (χ0n) is 10.8. The Bertz CT molecular complexity index is 340. The molecule has 1 rings (SSSR count). The monoisotopic (exact) mass is 256 g/mol. The average Bonchev–Trinajstić information content (AvgIpc) is 2.42. The smallest absolute Gasteiger partial charge is 0.161 e. The Morgan fingerprint density at radius 1 is 1.00 bits per heavy atom. The summed E-state index contributed by atoms with van der Waals surface area (Å²) in [5, 5.41) is 9.02. The van der Waals surface area contributed by atoms with Gasteiger partial charge in [0.1, 0.15) is 6.61 Å². The van der Waals surface area contributed by atoms with Gasteiger partial charge in [0, 0.05) is 7.11 Å². The number of hydrogen-bond donors (Lipinski definition) is 1. The molecule has 0 heterocycles. The van der Waals surface area contributed by atoms with E-state index >= 15 is 0 Å². The maximum Gasteiger partial charge on any atom is 0.161 e. The standard InChI is InChI=1S/C13H20O5/c1-15-5-6-17-7-8-18-12-4-3-11(10-14)9-13(12)16-2/h3-4,9,14H,5-8,10H2,1-2H3. The predicted molar refractivity (Wildman–Crippen MR) is 67.1 cm³/mol. The second-order valence-electron chi connectivity index (χ2n) is 3.60. The maximum absolute atomic E-state index is 9.02. The molecule has 0 saturated carbocycles. The number of ether oxygens (including phenoxy) is 4. The summed E-state index contributed by atoms with van der Waals surface area (Å²) >= 11 is 0. The summed E-state index contributed by atoms with van der Waals surface area (Å²) in [6, 6.07) is 5.32. The topological polar surface area (TPSA) is 57.2 Å². The third kappa shape index (κ3) is 4.91. The van der Waals surface area contributed by atoms with E-state index in [4.69, 9.17) is 24.1 Å². The van der Waals surface area contributed by atoms with E-state index in [2.05, 4.69) is 0 Å². The van der Waals surface area contributed by atoms with E-state index in [1.54, 1.807) is 32.4 Å². The quantitative estimate of drug-likeness (QED) is 0.673. The summed E-state index contributed by atoms with van der Waals surface area (Å²) in [4.78, 5) is 0. The lowest BCUT2D eigenvalue weighted by Gasteiger charge is -2.11. The summed E-state index contributed by atoms with van der Waals surface area (Å²) in [6.45, 7) is 2.05. The maximum atomic E-state index is 9.02. The van der Waals surface area contributed by atoms with Crippen LogP contribution in [0.3, 0.4) is 0 Å². The minimum Gasteiger partial charge on any atom is -0.493 e. The van der Waals surface area contributed by atoms with E-state index in [0.717, 1.165) is 5.56 Å². The summed E-state index contributed by atoms with van der Waals surface area (Å²) in [6.07, 6.45) is 0. The van der Waals surface area contributed by atoms with Gasteiger partial charge < -0.3 is 24.1 Å². The fourth-order valence-electron chi connectivity index (χ4n) is 1.38. The SMILES string of the molecule is COCCOCCOc1ccc(CO)cc1OC. The summed E-state index contributed by atoms with van der Waals surface area (Å²) in [5.74, 6) is 1.25. The first kappa shape index (κ1) is 14.8. The summed E-state index contributed by atoms with van der Waals surface area (Å²) in [5.41, 5.74) is 0.788. The third-order valence-corrected chi connectivity index (χ3v) is 2.33. The van der Waals surface area contributed by atoms with E-state index in [1.165, 1.54) is 0 Å². The lowest BCUT2D eigenvalue weighted by Crippen LogP contribution is -2.10. The van der Waals surface area contributed by atoms with E-state index in [-0.39, 0.29) is 6.61 Å². The fourth-order valence-corrected chi connectivity index (χ4v) is 1.38. The van der Waals surface area contributed by atoms with Gasteiger partial charge in [-0.3, -0.25) is 0 Å². The number of benzene rings is 1. The molecule has 0 atom stereocenters. The predicted octanol–water partition coefficient (Wildman–Crippen LogP) is 1.23. The van der Waals surface area contributed by atoms with Crippen LogP contribution in [0.4, 0.5) is 0 Å². The van der Waals surface area contributed by atoms with Crippen LogP contribution in [0.25, 0.3) is 0 Å². The number of hydrogen-bond acceptors (Lipinski definition) is 5. The molecule has 18 heavy (non-hydrogen) atoms. The molecule has 102 valence electrons. The molecule has 0 aromatic heterocycles. The van der Waals surface area contributed by atoms with Crippen LogP contribution in [0.1, 0.15) is 5.56 Å². The molecule has 5 heteroatoms. The molecule has 1 aromatic rings. The number of aliphatic hydroxyl groups excluding tert-OH is 1. The Labute approximate surface area is 107 Å². The zero-order chi connectivity index (χ0) is 13.2. The van der Waals surface area contributed by atoms with E-state index in [0.29, 0.717) is 37.9 Å². The molecule has 0 bridgehead atoms. The minimum absolute atomic E-state index is 0.0171. The second-order valence-corrected chi connectivity index (χ2v) is 3.60. The molecule has 0 unspecified atom stereocenters. The van der Waals surface area contributed by atoms with Crippen molar-refractivity contribution in [3.63, 3.8) is 0 Å². The van der Waals surface area contributed by atoms with Crippen LogP contribution in [-0.4, -0.2) is 45.8 Å². The highest BCUT2D eigenvalue weighted by molar-refractivity contribution is 5.42. The van der Waals surface area contributed by atoms with Crippen LogP contribution in [0.2, 0.25) is 0 Å². The van der Waals surface area contributed by atoms with Gasteiger partial charge in [0.25, 0.3) is 0 Å². The zero-order valence-corrected chi connectivity index (χ0v) is 10.8. The largest absolute Gasteiger partial charge is 0.493 e. The lowest BCUT2D eigenvalue weighted by atomic mass is 10.2. The van der Waals surface area contributed by atoms with Crippen molar-refractivity contribution >= 4 is 0 Å².